The molecular formula is C21H28N4O. The van der Waals surface area contributed by atoms with Gasteiger partial charge in [0.05, 0.1) is 0 Å². The summed E-state index contributed by atoms with van der Waals surface area (Å²) in [5.41, 5.74) is 1.04. The summed E-state index contributed by atoms with van der Waals surface area (Å²) >= 11 is 0. The van der Waals surface area contributed by atoms with Crippen LogP contribution >= 0.6 is 0 Å². The fraction of sp³-hybridized carbons (Fsp3) is 0.476. The van der Waals surface area contributed by atoms with Crippen LogP contribution in [0, 0.1) is 0 Å². The van der Waals surface area contributed by atoms with Gasteiger partial charge in [0.1, 0.15) is 11.5 Å². The van der Waals surface area contributed by atoms with Crippen molar-refractivity contribution in [2.45, 2.75) is 52.0 Å². The maximum Gasteiger partial charge on any atom is 0.270 e. The molecule has 1 fully saturated rings. The second kappa shape index (κ2) is 7.85. The van der Waals surface area contributed by atoms with Gasteiger partial charge in [-0.15, -0.1) is 0 Å². The summed E-state index contributed by atoms with van der Waals surface area (Å²) < 4.78 is 0. The molecule has 26 heavy (non-hydrogen) atoms. The van der Waals surface area contributed by atoms with Gasteiger partial charge in [0.25, 0.3) is 5.91 Å². The van der Waals surface area contributed by atoms with Crippen molar-refractivity contribution in [2.75, 3.05) is 18.0 Å². The van der Waals surface area contributed by atoms with E-state index in [0.717, 1.165) is 37.3 Å². The van der Waals surface area contributed by atoms with Crippen molar-refractivity contribution in [1.82, 2.24) is 15.3 Å². The van der Waals surface area contributed by atoms with E-state index in [0.29, 0.717) is 11.5 Å². The zero-order valence-corrected chi connectivity index (χ0v) is 16.0. The number of carbonyl (C=O) groups excluding carboxylic acids is 1. The Labute approximate surface area is 155 Å². The van der Waals surface area contributed by atoms with Crippen LogP contribution in [0.1, 0.15) is 56.9 Å². The van der Waals surface area contributed by atoms with Gasteiger partial charge in [0, 0.05) is 30.3 Å². The number of benzene rings is 1. The summed E-state index contributed by atoms with van der Waals surface area (Å²) in [6.07, 6.45) is 4.83. The number of nitrogens with zero attached hydrogens (tertiary/aromatic N) is 3. The maximum absolute atomic E-state index is 12.7. The molecule has 1 aromatic heterocycles. The lowest BCUT2D eigenvalue weighted by molar-refractivity contribution is 0.0914. The van der Waals surface area contributed by atoms with E-state index >= 15 is 0 Å². The smallest absolute Gasteiger partial charge is 0.270 e. The molecule has 0 atom stereocenters. The molecule has 5 nitrogen and oxygen atoms in total. The van der Waals surface area contributed by atoms with Crippen molar-refractivity contribution < 1.29 is 4.79 Å². The van der Waals surface area contributed by atoms with Gasteiger partial charge in [0.2, 0.25) is 0 Å². The lowest BCUT2D eigenvalue weighted by Gasteiger charge is -2.24. The van der Waals surface area contributed by atoms with Crippen molar-refractivity contribution in [3.63, 3.8) is 0 Å². The van der Waals surface area contributed by atoms with Gasteiger partial charge >= 0.3 is 0 Å². The van der Waals surface area contributed by atoms with Gasteiger partial charge in [-0.25, -0.2) is 9.97 Å². The molecule has 138 valence electrons. The maximum atomic E-state index is 12.7. The number of hydrogen-bond acceptors (Lipinski definition) is 4. The number of carbonyl (C=O) groups is 1. The van der Waals surface area contributed by atoms with Crippen LogP contribution in [0.3, 0.4) is 0 Å². The molecule has 5 heteroatoms. The van der Waals surface area contributed by atoms with Crippen LogP contribution in [-0.2, 0) is 0 Å². The Morgan fingerprint density at radius 2 is 1.65 bits per heavy atom. The van der Waals surface area contributed by atoms with Crippen LogP contribution in [0.25, 0.3) is 11.4 Å². The van der Waals surface area contributed by atoms with E-state index < -0.39 is 0 Å². The van der Waals surface area contributed by atoms with Gasteiger partial charge in [-0.2, -0.15) is 0 Å². The Kier molecular flexibility index (Phi) is 5.55. The molecule has 1 saturated heterocycles. The lowest BCUT2D eigenvalue weighted by atomic mass is 10.1. The third-order valence-electron chi connectivity index (χ3n) is 4.40. The summed E-state index contributed by atoms with van der Waals surface area (Å²) in [4.78, 5) is 24.4. The molecule has 0 bridgehead atoms. The van der Waals surface area contributed by atoms with E-state index in [1.807, 2.05) is 57.2 Å². The van der Waals surface area contributed by atoms with Crippen molar-refractivity contribution >= 4 is 11.7 Å². The number of aromatic nitrogens is 2. The summed E-state index contributed by atoms with van der Waals surface area (Å²) in [5.74, 6) is 1.29. The van der Waals surface area contributed by atoms with Gasteiger partial charge in [-0.3, -0.25) is 4.79 Å². The minimum Gasteiger partial charge on any atom is -0.356 e. The van der Waals surface area contributed by atoms with Crippen molar-refractivity contribution in [3.8, 4) is 11.4 Å². The minimum atomic E-state index is -0.308. The van der Waals surface area contributed by atoms with Gasteiger partial charge in [-0.1, -0.05) is 43.2 Å². The third-order valence-corrected chi connectivity index (χ3v) is 4.40. The number of anilines is 1. The monoisotopic (exact) mass is 352 g/mol. The first-order valence-corrected chi connectivity index (χ1v) is 9.44. The number of hydrogen-bond donors (Lipinski definition) is 1. The first-order valence-electron chi connectivity index (χ1n) is 9.44. The Balaban J connectivity index is 2.00. The highest BCUT2D eigenvalue weighted by Crippen LogP contribution is 2.23. The highest BCUT2D eigenvalue weighted by molar-refractivity contribution is 5.94. The molecule has 0 saturated carbocycles. The van der Waals surface area contributed by atoms with E-state index in [2.05, 4.69) is 15.2 Å². The number of nitrogens with one attached hydrogen (secondary N) is 1. The Morgan fingerprint density at radius 3 is 2.27 bits per heavy atom. The Hall–Kier alpha value is -2.43. The van der Waals surface area contributed by atoms with E-state index in [-0.39, 0.29) is 11.4 Å². The molecule has 2 aromatic rings. The zero-order valence-electron chi connectivity index (χ0n) is 16.0. The molecule has 1 aromatic carbocycles. The molecular weight excluding hydrogens is 324 g/mol. The molecule has 1 aliphatic rings. The van der Waals surface area contributed by atoms with Gasteiger partial charge in [0.15, 0.2) is 5.82 Å². The van der Waals surface area contributed by atoms with Crippen molar-refractivity contribution in [2.24, 2.45) is 0 Å². The molecule has 2 heterocycles. The van der Waals surface area contributed by atoms with E-state index in [9.17, 15) is 4.79 Å². The summed E-state index contributed by atoms with van der Waals surface area (Å²) in [6.45, 7) is 7.87. The summed E-state index contributed by atoms with van der Waals surface area (Å²) in [5, 5.41) is 3.01. The predicted octanol–water partition coefficient (Wildman–Crippen LogP) is 4.05. The summed E-state index contributed by atoms with van der Waals surface area (Å²) in [7, 11) is 0. The van der Waals surface area contributed by atoms with E-state index in [1.54, 1.807) is 0 Å². The second-order valence-corrected chi connectivity index (χ2v) is 7.91. The number of amides is 1. The second-order valence-electron chi connectivity index (χ2n) is 7.91. The molecule has 1 amide bonds. The average molecular weight is 352 g/mol. The van der Waals surface area contributed by atoms with E-state index in [1.165, 1.54) is 12.8 Å². The van der Waals surface area contributed by atoms with Crippen LogP contribution in [0.2, 0.25) is 0 Å². The van der Waals surface area contributed by atoms with Crippen LogP contribution in [0.15, 0.2) is 36.4 Å². The molecule has 0 radical (unpaired) electrons. The molecule has 0 spiro atoms. The Bertz CT molecular complexity index is 744. The molecule has 1 aliphatic heterocycles. The third kappa shape index (κ3) is 4.81. The first kappa shape index (κ1) is 18.4. The Morgan fingerprint density at radius 1 is 1.00 bits per heavy atom. The first-order chi connectivity index (χ1) is 12.4. The normalized spacial score (nSPS) is 15.4. The fourth-order valence-corrected chi connectivity index (χ4v) is 3.13. The van der Waals surface area contributed by atoms with Gasteiger partial charge < -0.3 is 10.2 Å². The highest BCUT2D eigenvalue weighted by Gasteiger charge is 2.20. The molecule has 3 rings (SSSR count). The zero-order chi connectivity index (χ0) is 18.6. The van der Waals surface area contributed by atoms with E-state index in [4.69, 9.17) is 4.98 Å². The highest BCUT2D eigenvalue weighted by atomic mass is 16.2. The van der Waals surface area contributed by atoms with Crippen LogP contribution in [0.4, 0.5) is 5.82 Å². The minimum absolute atomic E-state index is 0.159. The standard InChI is InChI=1S/C21H28N4O/c1-21(2,3)24-20(26)17-15-18(25-13-9-4-5-10-14-25)23-19(22-17)16-11-7-6-8-12-16/h6-8,11-12,15H,4-5,9-10,13-14H2,1-3H3,(H,24,26). The van der Waals surface area contributed by atoms with Crippen LogP contribution < -0.4 is 10.2 Å². The molecule has 0 aliphatic carbocycles. The fourth-order valence-electron chi connectivity index (χ4n) is 3.13. The van der Waals surface area contributed by atoms with Crippen LogP contribution in [-0.4, -0.2) is 34.5 Å². The molecule has 1 N–H and O–H groups in total. The molecule has 0 unspecified atom stereocenters. The van der Waals surface area contributed by atoms with Gasteiger partial charge in [-0.05, 0) is 33.6 Å². The SMILES string of the molecule is CC(C)(C)NC(=O)c1cc(N2CCCCCC2)nc(-c2ccccc2)n1. The lowest BCUT2D eigenvalue weighted by Crippen LogP contribution is -2.41. The average Bonchev–Trinajstić information content (AvgIpc) is 2.90. The predicted molar refractivity (Wildman–Crippen MR) is 105 cm³/mol. The van der Waals surface area contributed by atoms with Crippen LogP contribution in [0.5, 0.6) is 0 Å². The topological polar surface area (TPSA) is 58.1 Å². The van der Waals surface area contributed by atoms with Crippen molar-refractivity contribution in [3.05, 3.63) is 42.1 Å². The summed E-state index contributed by atoms with van der Waals surface area (Å²) in [6, 6.07) is 11.7. The largest absolute Gasteiger partial charge is 0.356 e. The van der Waals surface area contributed by atoms with Crippen molar-refractivity contribution in [1.29, 1.82) is 0 Å². The quantitative estimate of drug-likeness (QED) is 0.905. The number of rotatable bonds is 3.